The van der Waals surface area contributed by atoms with Gasteiger partial charge in [0.05, 0.1) is 5.69 Å². The first kappa shape index (κ1) is 12.9. The number of anilines is 1. The van der Waals surface area contributed by atoms with Crippen LogP contribution in [0.15, 0.2) is 18.2 Å². The van der Waals surface area contributed by atoms with Crippen molar-refractivity contribution in [1.82, 2.24) is 0 Å². The van der Waals surface area contributed by atoms with Crippen LogP contribution in [0.4, 0.5) is 14.5 Å². The highest BCUT2D eigenvalue weighted by Crippen LogP contribution is 2.63. The van der Waals surface area contributed by atoms with Crippen molar-refractivity contribution in [3.63, 3.8) is 0 Å². The monoisotopic (exact) mass is 265 g/mol. The summed E-state index contributed by atoms with van der Waals surface area (Å²) in [4.78, 5) is 0. The topological polar surface area (TPSA) is 12.0 Å². The van der Waals surface area contributed by atoms with E-state index in [2.05, 4.69) is 26.1 Å². The van der Waals surface area contributed by atoms with Crippen LogP contribution < -0.4 is 5.32 Å². The predicted molar refractivity (Wildman–Crippen MR) is 73.0 cm³/mol. The molecule has 1 N–H and O–H groups in total. The Balaban J connectivity index is 1.93. The average molecular weight is 265 g/mol. The summed E-state index contributed by atoms with van der Waals surface area (Å²) in [5.41, 5.74) is 0.630. The molecule has 0 aliphatic heterocycles. The smallest absolute Gasteiger partial charge is 0.181 e. The summed E-state index contributed by atoms with van der Waals surface area (Å²) in [6.45, 7) is 6.77. The second-order valence-electron chi connectivity index (χ2n) is 7.09. The second-order valence-corrected chi connectivity index (χ2v) is 7.09. The Morgan fingerprint density at radius 1 is 1.21 bits per heavy atom. The van der Waals surface area contributed by atoms with E-state index in [9.17, 15) is 8.78 Å². The molecule has 2 aliphatic carbocycles. The van der Waals surface area contributed by atoms with Gasteiger partial charge in [-0.15, -0.1) is 0 Å². The molecule has 0 heterocycles. The molecule has 3 unspecified atom stereocenters. The third kappa shape index (κ3) is 1.78. The average Bonchev–Trinajstić information content (AvgIpc) is 2.81. The maximum absolute atomic E-state index is 13.8. The Bertz CT molecular complexity index is 507. The largest absolute Gasteiger partial charge is 0.379 e. The SMILES string of the molecule is CC12CCC(C1)C(C)(C)C2Nc1cccc(F)c1F. The van der Waals surface area contributed by atoms with Crippen molar-refractivity contribution in [1.29, 1.82) is 0 Å². The fourth-order valence-corrected chi connectivity index (χ4v) is 4.43. The third-order valence-electron chi connectivity index (χ3n) is 5.52. The highest BCUT2D eigenvalue weighted by Gasteiger charge is 2.59. The Morgan fingerprint density at radius 3 is 2.58 bits per heavy atom. The Labute approximate surface area is 113 Å². The van der Waals surface area contributed by atoms with Crippen molar-refractivity contribution in [3.8, 4) is 0 Å². The molecule has 104 valence electrons. The lowest BCUT2D eigenvalue weighted by atomic mass is 9.68. The first-order chi connectivity index (χ1) is 8.84. The molecule has 19 heavy (non-hydrogen) atoms. The molecule has 0 radical (unpaired) electrons. The highest BCUT2D eigenvalue weighted by molar-refractivity contribution is 5.47. The van der Waals surface area contributed by atoms with Gasteiger partial charge in [0.2, 0.25) is 0 Å². The zero-order valence-corrected chi connectivity index (χ0v) is 11.8. The fourth-order valence-electron chi connectivity index (χ4n) is 4.43. The van der Waals surface area contributed by atoms with Gasteiger partial charge in [-0.1, -0.05) is 26.8 Å². The molecule has 2 aliphatic rings. The van der Waals surface area contributed by atoms with E-state index in [1.807, 2.05) is 0 Å². The summed E-state index contributed by atoms with van der Waals surface area (Å²) in [7, 11) is 0. The molecule has 1 nitrogen and oxygen atoms in total. The van der Waals surface area contributed by atoms with Crippen molar-refractivity contribution in [2.75, 3.05) is 5.32 Å². The van der Waals surface area contributed by atoms with Crippen LogP contribution >= 0.6 is 0 Å². The molecular formula is C16H21F2N. The van der Waals surface area contributed by atoms with E-state index in [0.29, 0.717) is 11.6 Å². The van der Waals surface area contributed by atoms with E-state index in [0.717, 1.165) is 6.07 Å². The molecule has 1 aromatic rings. The fraction of sp³-hybridized carbons (Fsp3) is 0.625. The minimum atomic E-state index is -0.781. The van der Waals surface area contributed by atoms with Gasteiger partial charge in [-0.2, -0.15) is 0 Å². The normalized spacial score (nSPS) is 35.6. The number of rotatable bonds is 2. The van der Waals surface area contributed by atoms with E-state index in [-0.39, 0.29) is 16.9 Å². The number of halogens is 2. The molecule has 2 bridgehead atoms. The van der Waals surface area contributed by atoms with E-state index in [4.69, 9.17) is 0 Å². The zero-order chi connectivity index (χ0) is 13.8. The van der Waals surface area contributed by atoms with E-state index < -0.39 is 11.6 Å². The van der Waals surface area contributed by atoms with Crippen LogP contribution in [0.25, 0.3) is 0 Å². The molecule has 0 spiro atoms. The molecule has 3 atom stereocenters. The highest BCUT2D eigenvalue weighted by atomic mass is 19.2. The van der Waals surface area contributed by atoms with Crippen LogP contribution in [0, 0.1) is 28.4 Å². The van der Waals surface area contributed by atoms with Crippen molar-refractivity contribution in [2.24, 2.45) is 16.7 Å². The summed E-state index contributed by atoms with van der Waals surface area (Å²) in [6, 6.07) is 4.55. The van der Waals surface area contributed by atoms with Crippen LogP contribution in [-0.4, -0.2) is 6.04 Å². The molecular weight excluding hydrogens is 244 g/mol. The lowest BCUT2D eigenvalue weighted by molar-refractivity contribution is 0.155. The van der Waals surface area contributed by atoms with Gasteiger partial charge < -0.3 is 5.32 Å². The number of hydrogen-bond donors (Lipinski definition) is 1. The molecule has 0 saturated heterocycles. The molecule has 3 rings (SSSR count). The van der Waals surface area contributed by atoms with Crippen molar-refractivity contribution in [3.05, 3.63) is 29.8 Å². The van der Waals surface area contributed by atoms with Crippen LogP contribution in [-0.2, 0) is 0 Å². The number of hydrogen-bond acceptors (Lipinski definition) is 1. The molecule has 0 amide bonds. The van der Waals surface area contributed by atoms with Crippen molar-refractivity contribution >= 4 is 5.69 Å². The Morgan fingerprint density at radius 2 is 1.95 bits per heavy atom. The minimum Gasteiger partial charge on any atom is -0.379 e. The molecule has 3 heteroatoms. The van der Waals surface area contributed by atoms with Crippen molar-refractivity contribution < 1.29 is 8.78 Å². The maximum Gasteiger partial charge on any atom is 0.181 e. The van der Waals surface area contributed by atoms with Gasteiger partial charge in [0.15, 0.2) is 11.6 Å². The Kier molecular flexibility index (Phi) is 2.67. The summed E-state index contributed by atoms with van der Waals surface area (Å²) in [5, 5.41) is 3.30. The lowest BCUT2D eigenvalue weighted by Gasteiger charge is -2.43. The van der Waals surface area contributed by atoms with E-state index in [1.165, 1.54) is 19.3 Å². The quantitative estimate of drug-likeness (QED) is 0.824. The van der Waals surface area contributed by atoms with E-state index in [1.54, 1.807) is 12.1 Å². The number of nitrogens with one attached hydrogen (secondary N) is 1. The van der Waals surface area contributed by atoms with Gasteiger partial charge in [-0.25, -0.2) is 8.78 Å². The second kappa shape index (κ2) is 3.94. The van der Waals surface area contributed by atoms with E-state index >= 15 is 0 Å². The maximum atomic E-state index is 13.8. The summed E-state index contributed by atoms with van der Waals surface area (Å²) in [5.74, 6) is -0.854. The van der Waals surface area contributed by atoms with Gasteiger partial charge in [0, 0.05) is 6.04 Å². The molecule has 2 fully saturated rings. The van der Waals surface area contributed by atoms with Crippen LogP contribution in [0.1, 0.15) is 40.0 Å². The molecule has 1 aromatic carbocycles. The van der Waals surface area contributed by atoms with Crippen LogP contribution in [0.2, 0.25) is 0 Å². The molecule has 0 aromatic heterocycles. The van der Waals surface area contributed by atoms with Gasteiger partial charge >= 0.3 is 0 Å². The minimum absolute atomic E-state index is 0.131. The number of benzene rings is 1. The zero-order valence-electron chi connectivity index (χ0n) is 11.8. The van der Waals surface area contributed by atoms with Gasteiger partial charge in [-0.3, -0.25) is 0 Å². The van der Waals surface area contributed by atoms with Gasteiger partial charge in [-0.05, 0) is 48.1 Å². The summed E-state index contributed by atoms with van der Waals surface area (Å²) < 4.78 is 27.2. The van der Waals surface area contributed by atoms with Gasteiger partial charge in [0.25, 0.3) is 0 Å². The Hall–Kier alpha value is -1.12. The van der Waals surface area contributed by atoms with Crippen LogP contribution in [0.3, 0.4) is 0 Å². The summed E-state index contributed by atoms with van der Waals surface area (Å²) in [6.07, 6.45) is 3.62. The molecule has 2 saturated carbocycles. The van der Waals surface area contributed by atoms with Gasteiger partial charge in [0.1, 0.15) is 0 Å². The predicted octanol–water partition coefficient (Wildman–Crippen LogP) is 4.59. The van der Waals surface area contributed by atoms with Crippen molar-refractivity contribution in [2.45, 2.75) is 46.1 Å². The lowest BCUT2D eigenvalue weighted by Crippen LogP contribution is -2.46. The number of fused-ring (bicyclic) bond motifs is 2. The standard InChI is InChI=1S/C16H21F2N/c1-15(2)10-7-8-16(3,9-10)14(15)19-12-6-4-5-11(17)13(12)18/h4-6,10,14,19H,7-9H2,1-3H3. The summed E-state index contributed by atoms with van der Waals surface area (Å²) >= 11 is 0. The third-order valence-corrected chi connectivity index (χ3v) is 5.52. The van der Waals surface area contributed by atoms with Crippen LogP contribution in [0.5, 0.6) is 0 Å². The first-order valence-corrected chi connectivity index (χ1v) is 7.05. The first-order valence-electron chi connectivity index (χ1n) is 7.05.